The van der Waals surface area contributed by atoms with Gasteiger partial charge in [0.15, 0.2) is 0 Å². The number of aromatic nitrogens is 2. The highest BCUT2D eigenvalue weighted by Crippen LogP contribution is 2.38. The second kappa shape index (κ2) is 8.56. The Morgan fingerprint density at radius 1 is 0.914 bits per heavy atom. The first kappa shape index (κ1) is 21.9. The first-order valence-corrected chi connectivity index (χ1v) is 12.5. The van der Waals surface area contributed by atoms with Crippen LogP contribution in [0, 0.1) is 12.8 Å². The van der Waals surface area contributed by atoms with Gasteiger partial charge in [-0.15, -0.1) is 0 Å². The van der Waals surface area contributed by atoms with E-state index in [9.17, 15) is 4.79 Å². The quantitative estimate of drug-likeness (QED) is 0.366. The number of benzene rings is 3. The van der Waals surface area contributed by atoms with E-state index in [1.165, 1.54) is 22.2 Å². The number of likely N-dealkylation sites (tertiary alicyclic amines) is 1. The Bertz CT molecular complexity index is 1400. The molecule has 35 heavy (non-hydrogen) atoms. The predicted molar refractivity (Wildman–Crippen MR) is 140 cm³/mol. The standard InChI is InChI=1S/C30H31N3O2/c1-19-4-15-26(24-16-17-33(18-24)30(34)23-9-10-23)27-28(19)32(2)29(31-27)22-7-5-20(6-8-22)21-11-13-25(35-3)14-12-21/h4-8,11-15,23-24H,9-10,16-18H2,1-3H3. The first-order valence-electron chi connectivity index (χ1n) is 12.5. The average Bonchev–Trinajstić information content (AvgIpc) is 3.52. The molecule has 2 aliphatic rings. The Kier molecular flexibility index (Phi) is 5.36. The number of carbonyl (C=O) groups is 1. The minimum Gasteiger partial charge on any atom is -0.497 e. The van der Waals surface area contributed by atoms with Gasteiger partial charge in [-0.1, -0.05) is 48.5 Å². The van der Waals surface area contributed by atoms with E-state index in [0.29, 0.717) is 11.8 Å². The summed E-state index contributed by atoms with van der Waals surface area (Å²) in [5.41, 5.74) is 8.18. The molecule has 3 aromatic carbocycles. The third kappa shape index (κ3) is 3.89. The second-order valence-corrected chi connectivity index (χ2v) is 10.0. The molecule has 5 heteroatoms. The highest BCUT2D eigenvalue weighted by Gasteiger charge is 2.37. The van der Waals surface area contributed by atoms with E-state index < -0.39 is 0 Å². The van der Waals surface area contributed by atoms with E-state index in [1.807, 2.05) is 12.1 Å². The molecule has 1 aromatic heterocycles. The van der Waals surface area contributed by atoms with Crippen molar-refractivity contribution in [3.8, 4) is 28.3 Å². The lowest BCUT2D eigenvalue weighted by Crippen LogP contribution is -2.29. The third-order valence-electron chi connectivity index (χ3n) is 7.69. The van der Waals surface area contributed by atoms with Gasteiger partial charge >= 0.3 is 0 Å². The number of amides is 1. The lowest BCUT2D eigenvalue weighted by molar-refractivity contribution is -0.131. The van der Waals surface area contributed by atoms with Crippen LogP contribution < -0.4 is 4.74 Å². The Morgan fingerprint density at radius 3 is 2.23 bits per heavy atom. The number of nitrogens with zero attached hydrogens (tertiary/aromatic N) is 3. The molecule has 0 radical (unpaired) electrons. The molecule has 178 valence electrons. The van der Waals surface area contributed by atoms with Crippen LogP contribution in [0.5, 0.6) is 5.75 Å². The van der Waals surface area contributed by atoms with Gasteiger partial charge in [-0.2, -0.15) is 0 Å². The van der Waals surface area contributed by atoms with Crippen molar-refractivity contribution in [3.05, 3.63) is 71.8 Å². The molecule has 4 aromatic rings. The number of rotatable bonds is 5. The van der Waals surface area contributed by atoms with Gasteiger partial charge in [0, 0.05) is 37.5 Å². The van der Waals surface area contributed by atoms with Gasteiger partial charge in [0.25, 0.3) is 0 Å². The highest BCUT2D eigenvalue weighted by atomic mass is 16.5. The molecule has 0 spiro atoms. The van der Waals surface area contributed by atoms with Crippen molar-refractivity contribution in [3.63, 3.8) is 0 Å². The van der Waals surface area contributed by atoms with Gasteiger partial charge in [0.2, 0.25) is 5.91 Å². The van der Waals surface area contributed by atoms with Crippen molar-refractivity contribution in [2.75, 3.05) is 20.2 Å². The molecule has 0 N–H and O–H groups in total. The third-order valence-corrected chi connectivity index (χ3v) is 7.69. The number of carbonyl (C=O) groups excluding carboxylic acids is 1. The number of hydrogen-bond donors (Lipinski definition) is 0. The van der Waals surface area contributed by atoms with Crippen molar-refractivity contribution in [1.82, 2.24) is 14.5 Å². The zero-order valence-corrected chi connectivity index (χ0v) is 20.6. The van der Waals surface area contributed by atoms with Gasteiger partial charge in [0.1, 0.15) is 11.6 Å². The average molecular weight is 466 g/mol. The van der Waals surface area contributed by atoms with Crippen LogP contribution >= 0.6 is 0 Å². The first-order chi connectivity index (χ1) is 17.0. The maximum Gasteiger partial charge on any atom is 0.225 e. The summed E-state index contributed by atoms with van der Waals surface area (Å²) in [6, 6.07) is 21.2. The van der Waals surface area contributed by atoms with Crippen LogP contribution in [0.15, 0.2) is 60.7 Å². The monoisotopic (exact) mass is 465 g/mol. The predicted octanol–water partition coefficient (Wildman–Crippen LogP) is 5.95. The summed E-state index contributed by atoms with van der Waals surface area (Å²) in [7, 11) is 3.79. The van der Waals surface area contributed by atoms with Crippen LogP contribution in [-0.4, -0.2) is 40.6 Å². The van der Waals surface area contributed by atoms with Gasteiger partial charge in [-0.3, -0.25) is 4.79 Å². The molecule has 6 rings (SSSR count). The molecule has 2 fully saturated rings. The maximum absolute atomic E-state index is 12.6. The van der Waals surface area contributed by atoms with Gasteiger partial charge in [0.05, 0.1) is 18.1 Å². The minimum atomic E-state index is 0.286. The fourth-order valence-corrected chi connectivity index (χ4v) is 5.51. The molecule has 1 atom stereocenters. The van der Waals surface area contributed by atoms with Crippen molar-refractivity contribution in [1.29, 1.82) is 0 Å². The van der Waals surface area contributed by atoms with E-state index >= 15 is 0 Å². The zero-order valence-electron chi connectivity index (χ0n) is 20.6. The zero-order chi connectivity index (χ0) is 24.1. The molecule has 1 unspecified atom stereocenters. The summed E-state index contributed by atoms with van der Waals surface area (Å²) in [5.74, 6) is 2.82. The van der Waals surface area contributed by atoms with Crippen LogP contribution in [0.25, 0.3) is 33.5 Å². The Balaban J connectivity index is 1.32. The van der Waals surface area contributed by atoms with E-state index in [2.05, 4.69) is 72.0 Å². The fraction of sp³-hybridized carbons (Fsp3) is 0.333. The van der Waals surface area contributed by atoms with Crippen molar-refractivity contribution in [2.24, 2.45) is 13.0 Å². The van der Waals surface area contributed by atoms with Crippen LogP contribution in [0.3, 0.4) is 0 Å². The summed E-state index contributed by atoms with van der Waals surface area (Å²) in [6.45, 7) is 3.83. The lowest BCUT2D eigenvalue weighted by atomic mass is 9.95. The number of imidazole rings is 1. The largest absolute Gasteiger partial charge is 0.497 e. The smallest absolute Gasteiger partial charge is 0.225 e. The molecule has 5 nitrogen and oxygen atoms in total. The van der Waals surface area contributed by atoms with E-state index in [-0.39, 0.29) is 5.92 Å². The molecule has 1 amide bonds. The summed E-state index contributed by atoms with van der Waals surface area (Å²) in [4.78, 5) is 19.9. The summed E-state index contributed by atoms with van der Waals surface area (Å²) >= 11 is 0. The van der Waals surface area contributed by atoms with Crippen LogP contribution in [-0.2, 0) is 11.8 Å². The van der Waals surface area contributed by atoms with Gasteiger partial charge < -0.3 is 14.2 Å². The van der Waals surface area contributed by atoms with Gasteiger partial charge in [-0.25, -0.2) is 4.98 Å². The lowest BCUT2D eigenvalue weighted by Gasteiger charge is -2.17. The molecular formula is C30H31N3O2. The van der Waals surface area contributed by atoms with Crippen LogP contribution in [0.2, 0.25) is 0 Å². The van der Waals surface area contributed by atoms with Crippen LogP contribution in [0.1, 0.15) is 36.3 Å². The van der Waals surface area contributed by atoms with Crippen LogP contribution in [0.4, 0.5) is 0 Å². The fourth-order valence-electron chi connectivity index (χ4n) is 5.51. The molecular weight excluding hydrogens is 434 g/mol. The van der Waals surface area contributed by atoms with E-state index in [4.69, 9.17) is 9.72 Å². The van der Waals surface area contributed by atoms with E-state index in [0.717, 1.165) is 60.6 Å². The molecule has 0 bridgehead atoms. The number of ether oxygens (including phenoxy) is 1. The number of hydrogen-bond acceptors (Lipinski definition) is 3. The minimum absolute atomic E-state index is 0.286. The topological polar surface area (TPSA) is 47.4 Å². The Labute approximate surface area is 206 Å². The van der Waals surface area contributed by atoms with E-state index in [1.54, 1.807) is 7.11 Å². The summed E-state index contributed by atoms with van der Waals surface area (Å²) < 4.78 is 7.50. The number of fused-ring (bicyclic) bond motifs is 1. The highest BCUT2D eigenvalue weighted by molar-refractivity contribution is 5.87. The summed E-state index contributed by atoms with van der Waals surface area (Å²) in [5, 5.41) is 0. The number of aryl methyl sites for hydroxylation is 2. The second-order valence-electron chi connectivity index (χ2n) is 10.0. The SMILES string of the molecule is COc1ccc(-c2ccc(-c3nc4c(C5CCN(C(=O)C6CC6)C5)ccc(C)c4n3C)cc2)cc1. The molecule has 1 aliphatic heterocycles. The Hall–Kier alpha value is -3.60. The molecule has 1 saturated carbocycles. The normalized spacial score (nSPS) is 17.8. The molecule has 1 saturated heterocycles. The van der Waals surface area contributed by atoms with Crippen molar-refractivity contribution >= 4 is 16.9 Å². The molecule has 1 aliphatic carbocycles. The number of methoxy groups -OCH3 is 1. The van der Waals surface area contributed by atoms with Gasteiger partial charge in [-0.05, 0) is 60.6 Å². The maximum atomic E-state index is 12.6. The van der Waals surface area contributed by atoms with Crippen molar-refractivity contribution < 1.29 is 9.53 Å². The van der Waals surface area contributed by atoms with Crippen molar-refractivity contribution in [2.45, 2.75) is 32.1 Å². The molecule has 2 heterocycles. The summed E-state index contributed by atoms with van der Waals surface area (Å²) in [6.07, 6.45) is 3.14. The Morgan fingerprint density at radius 2 is 1.57 bits per heavy atom.